The summed E-state index contributed by atoms with van der Waals surface area (Å²) in [6.45, 7) is 5.15. The quantitative estimate of drug-likeness (QED) is 0.890. The average Bonchev–Trinajstić information content (AvgIpc) is 3.16. The fraction of sp³-hybridized carbons (Fsp3) is 0.412. The van der Waals surface area contributed by atoms with Crippen molar-refractivity contribution in [3.63, 3.8) is 0 Å². The number of carbonyl (C=O) groups excluding carboxylic acids is 1. The van der Waals surface area contributed by atoms with Crippen LogP contribution in [0.3, 0.4) is 0 Å². The van der Waals surface area contributed by atoms with Crippen LogP contribution in [0.25, 0.3) is 0 Å². The number of halogens is 1. The van der Waals surface area contributed by atoms with Crippen LogP contribution in [0, 0.1) is 6.92 Å². The van der Waals surface area contributed by atoms with Crippen molar-refractivity contribution in [1.82, 2.24) is 9.88 Å². The fourth-order valence-corrected chi connectivity index (χ4v) is 3.69. The Balaban J connectivity index is 1.55. The first-order chi connectivity index (χ1) is 11.1. The number of amides is 1. The third-order valence-electron chi connectivity index (χ3n) is 3.95. The number of aryl methyl sites for hydroxylation is 1. The van der Waals surface area contributed by atoms with E-state index in [1.54, 1.807) is 17.4 Å². The lowest BCUT2D eigenvalue weighted by molar-refractivity contribution is -0.115. The average molecular weight is 350 g/mol. The summed E-state index contributed by atoms with van der Waals surface area (Å²) in [7, 11) is 0. The second kappa shape index (κ2) is 7.43. The first-order valence-corrected chi connectivity index (χ1v) is 9.07. The molecule has 1 amide bonds. The van der Waals surface area contributed by atoms with Crippen molar-refractivity contribution >= 4 is 34.5 Å². The SMILES string of the molecule is Cc1ccc(NC(=O)Cc2csc(CN3CCCC3)n2)cc1Cl. The molecule has 0 aliphatic carbocycles. The second-order valence-electron chi connectivity index (χ2n) is 5.90. The molecule has 6 heteroatoms. The normalized spacial score (nSPS) is 15.0. The number of hydrogen-bond acceptors (Lipinski definition) is 4. The monoisotopic (exact) mass is 349 g/mol. The van der Waals surface area contributed by atoms with Crippen LogP contribution >= 0.6 is 22.9 Å². The lowest BCUT2D eigenvalue weighted by Gasteiger charge is -2.11. The maximum absolute atomic E-state index is 12.1. The van der Waals surface area contributed by atoms with E-state index >= 15 is 0 Å². The smallest absolute Gasteiger partial charge is 0.230 e. The molecule has 1 saturated heterocycles. The van der Waals surface area contributed by atoms with Gasteiger partial charge in [0.2, 0.25) is 5.91 Å². The summed E-state index contributed by atoms with van der Waals surface area (Å²) in [6.07, 6.45) is 2.85. The van der Waals surface area contributed by atoms with Crippen molar-refractivity contribution in [2.45, 2.75) is 32.7 Å². The van der Waals surface area contributed by atoms with Gasteiger partial charge >= 0.3 is 0 Å². The number of anilines is 1. The van der Waals surface area contributed by atoms with Gasteiger partial charge in [-0.3, -0.25) is 9.69 Å². The number of nitrogens with one attached hydrogen (secondary N) is 1. The Bertz CT molecular complexity index is 695. The minimum Gasteiger partial charge on any atom is -0.326 e. The molecule has 1 aromatic heterocycles. The Morgan fingerprint density at radius 3 is 2.91 bits per heavy atom. The minimum absolute atomic E-state index is 0.0667. The van der Waals surface area contributed by atoms with Gasteiger partial charge in [0.25, 0.3) is 0 Å². The van der Waals surface area contributed by atoms with Gasteiger partial charge in [0.05, 0.1) is 18.7 Å². The third kappa shape index (κ3) is 4.53. The maximum atomic E-state index is 12.1. The molecule has 1 aliphatic heterocycles. The van der Waals surface area contributed by atoms with E-state index in [4.69, 9.17) is 11.6 Å². The molecule has 4 nitrogen and oxygen atoms in total. The Morgan fingerprint density at radius 2 is 2.17 bits per heavy atom. The summed E-state index contributed by atoms with van der Waals surface area (Å²) in [4.78, 5) is 19.1. The summed E-state index contributed by atoms with van der Waals surface area (Å²) in [5.41, 5.74) is 2.55. The van der Waals surface area contributed by atoms with Gasteiger partial charge in [-0.05, 0) is 50.6 Å². The van der Waals surface area contributed by atoms with E-state index in [9.17, 15) is 4.79 Å². The lowest BCUT2D eigenvalue weighted by atomic mass is 10.2. The van der Waals surface area contributed by atoms with Crippen LogP contribution in [0.2, 0.25) is 5.02 Å². The Kier molecular flexibility index (Phi) is 5.30. The summed E-state index contributed by atoms with van der Waals surface area (Å²) >= 11 is 7.71. The summed E-state index contributed by atoms with van der Waals surface area (Å²) in [5, 5.41) is 6.60. The van der Waals surface area contributed by atoms with Gasteiger partial charge < -0.3 is 5.32 Å². The van der Waals surface area contributed by atoms with Crippen LogP contribution in [0.1, 0.15) is 29.1 Å². The van der Waals surface area contributed by atoms with Crippen LogP contribution < -0.4 is 5.32 Å². The van der Waals surface area contributed by atoms with E-state index in [1.165, 1.54) is 12.8 Å². The molecule has 122 valence electrons. The summed E-state index contributed by atoms with van der Waals surface area (Å²) < 4.78 is 0. The van der Waals surface area contributed by atoms with Crippen molar-refractivity contribution in [2.75, 3.05) is 18.4 Å². The second-order valence-corrected chi connectivity index (χ2v) is 7.25. The van der Waals surface area contributed by atoms with Crippen molar-refractivity contribution in [3.8, 4) is 0 Å². The number of carbonyl (C=O) groups is 1. The van der Waals surface area contributed by atoms with Crippen LogP contribution in [0.15, 0.2) is 23.6 Å². The van der Waals surface area contributed by atoms with Gasteiger partial charge in [-0.2, -0.15) is 0 Å². The fourth-order valence-electron chi connectivity index (χ4n) is 2.68. The maximum Gasteiger partial charge on any atom is 0.230 e. The molecule has 1 N–H and O–H groups in total. The van der Waals surface area contributed by atoms with Crippen LogP contribution in [0.4, 0.5) is 5.69 Å². The number of likely N-dealkylation sites (tertiary alicyclic amines) is 1. The van der Waals surface area contributed by atoms with E-state index in [0.717, 1.165) is 41.6 Å². The number of thiazole rings is 1. The highest BCUT2D eigenvalue weighted by atomic mass is 35.5. The van der Waals surface area contributed by atoms with Gasteiger partial charge in [-0.25, -0.2) is 4.98 Å². The van der Waals surface area contributed by atoms with E-state index in [1.807, 2.05) is 24.4 Å². The molecular formula is C17H20ClN3OS. The zero-order valence-electron chi connectivity index (χ0n) is 13.1. The molecule has 1 fully saturated rings. The number of benzene rings is 1. The van der Waals surface area contributed by atoms with E-state index < -0.39 is 0 Å². The zero-order valence-corrected chi connectivity index (χ0v) is 14.7. The number of aromatic nitrogens is 1. The van der Waals surface area contributed by atoms with Gasteiger partial charge in [-0.1, -0.05) is 17.7 Å². The molecule has 0 unspecified atom stereocenters. The first-order valence-electron chi connectivity index (χ1n) is 7.82. The molecule has 0 bridgehead atoms. The zero-order chi connectivity index (χ0) is 16.2. The molecule has 0 radical (unpaired) electrons. The molecule has 23 heavy (non-hydrogen) atoms. The largest absolute Gasteiger partial charge is 0.326 e. The standard InChI is InChI=1S/C17H20ClN3OS/c1-12-4-5-13(8-15(12)18)19-16(22)9-14-11-23-17(20-14)10-21-6-2-3-7-21/h4-5,8,11H,2-3,6-7,9-10H2,1H3,(H,19,22). The molecule has 0 atom stereocenters. The predicted molar refractivity (Wildman–Crippen MR) is 95.1 cm³/mol. The number of rotatable bonds is 5. The van der Waals surface area contributed by atoms with E-state index in [-0.39, 0.29) is 5.91 Å². The molecule has 0 spiro atoms. The van der Waals surface area contributed by atoms with Gasteiger partial charge in [-0.15, -0.1) is 11.3 Å². The van der Waals surface area contributed by atoms with Crippen molar-refractivity contribution in [3.05, 3.63) is 44.9 Å². The van der Waals surface area contributed by atoms with Crippen LogP contribution in [-0.2, 0) is 17.8 Å². The minimum atomic E-state index is -0.0667. The number of nitrogens with zero attached hydrogens (tertiary/aromatic N) is 2. The Morgan fingerprint density at radius 1 is 1.39 bits per heavy atom. The lowest BCUT2D eigenvalue weighted by Crippen LogP contribution is -2.18. The molecular weight excluding hydrogens is 330 g/mol. The summed E-state index contributed by atoms with van der Waals surface area (Å²) in [5.74, 6) is -0.0667. The molecule has 2 heterocycles. The van der Waals surface area contributed by atoms with E-state index in [2.05, 4.69) is 15.2 Å². The highest BCUT2D eigenvalue weighted by Gasteiger charge is 2.14. The van der Waals surface area contributed by atoms with Gasteiger partial charge in [0.1, 0.15) is 5.01 Å². The van der Waals surface area contributed by atoms with Gasteiger partial charge in [0, 0.05) is 16.1 Å². The van der Waals surface area contributed by atoms with Crippen molar-refractivity contribution < 1.29 is 4.79 Å². The topological polar surface area (TPSA) is 45.2 Å². The highest BCUT2D eigenvalue weighted by Crippen LogP contribution is 2.20. The predicted octanol–water partition coefficient (Wildman–Crippen LogP) is 3.88. The van der Waals surface area contributed by atoms with Gasteiger partial charge in [0.15, 0.2) is 0 Å². The first kappa shape index (κ1) is 16.4. The molecule has 1 aliphatic rings. The van der Waals surface area contributed by atoms with E-state index in [0.29, 0.717) is 11.4 Å². The van der Waals surface area contributed by atoms with Crippen molar-refractivity contribution in [2.24, 2.45) is 0 Å². The molecule has 3 rings (SSSR count). The van der Waals surface area contributed by atoms with Crippen LogP contribution in [0.5, 0.6) is 0 Å². The van der Waals surface area contributed by atoms with Crippen LogP contribution in [-0.4, -0.2) is 28.9 Å². The Labute approximate surface area is 145 Å². The molecule has 1 aromatic carbocycles. The van der Waals surface area contributed by atoms with Crippen molar-refractivity contribution in [1.29, 1.82) is 0 Å². The Hall–Kier alpha value is -1.43. The highest BCUT2D eigenvalue weighted by molar-refractivity contribution is 7.09. The molecule has 2 aromatic rings. The number of hydrogen-bond donors (Lipinski definition) is 1. The summed E-state index contributed by atoms with van der Waals surface area (Å²) in [6, 6.07) is 5.53. The third-order valence-corrected chi connectivity index (χ3v) is 5.24. The molecule has 0 saturated carbocycles.